The van der Waals surface area contributed by atoms with Crippen molar-refractivity contribution in [1.29, 1.82) is 0 Å². The van der Waals surface area contributed by atoms with Crippen LogP contribution in [0.5, 0.6) is 0 Å². The summed E-state index contributed by atoms with van der Waals surface area (Å²) in [6.07, 6.45) is 4.01. The zero-order valence-corrected chi connectivity index (χ0v) is 5.95. The maximum absolute atomic E-state index is 10.2. The highest BCUT2D eigenvalue weighted by atomic mass is 16.1. The monoisotopic (exact) mass is 150 g/mol. The van der Waals surface area contributed by atoms with Gasteiger partial charge in [0.15, 0.2) is 0 Å². The van der Waals surface area contributed by atoms with Crippen molar-refractivity contribution in [3.05, 3.63) is 24.0 Å². The molecule has 0 aliphatic heterocycles. The Labute approximate surface area is 64.4 Å². The van der Waals surface area contributed by atoms with E-state index in [1.807, 2.05) is 0 Å². The van der Waals surface area contributed by atoms with Crippen LogP contribution in [0.2, 0.25) is 0 Å². The summed E-state index contributed by atoms with van der Waals surface area (Å²) in [5, 5.41) is 7.23. The Balaban J connectivity index is 2.45. The first-order valence-corrected chi connectivity index (χ1v) is 3.29. The second-order valence-electron chi connectivity index (χ2n) is 2.17. The molecule has 0 saturated heterocycles. The molecule has 0 aliphatic rings. The van der Waals surface area contributed by atoms with Gasteiger partial charge in [0, 0.05) is 12.6 Å². The Morgan fingerprint density at radius 2 is 2.36 bits per heavy atom. The third-order valence-corrected chi connectivity index (χ3v) is 1.29. The van der Waals surface area contributed by atoms with E-state index in [2.05, 4.69) is 10.2 Å². The van der Waals surface area contributed by atoms with Gasteiger partial charge in [-0.2, -0.15) is 10.2 Å². The van der Waals surface area contributed by atoms with Gasteiger partial charge in [-0.3, -0.25) is 10.5 Å². The number of aryl methyl sites for hydroxylation is 1. The quantitative estimate of drug-likeness (QED) is 0.619. The van der Waals surface area contributed by atoms with Crippen molar-refractivity contribution >= 4 is 5.91 Å². The van der Waals surface area contributed by atoms with Gasteiger partial charge in [-0.1, -0.05) is 0 Å². The molecule has 0 spiro atoms. The zero-order valence-electron chi connectivity index (χ0n) is 5.95. The number of rotatable bonds is 3. The highest BCUT2D eigenvalue weighted by Gasteiger charge is 1.96. The molecule has 0 aliphatic carbocycles. The zero-order chi connectivity index (χ0) is 8.10. The summed E-state index contributed by atoms with van der Waals surface area (Å²) >= 11 is 0. The van der Waals surface area contributed by atoms with Crippen molar-refractivity contribution in [2.75, 3.05) is 0 Å². The van der Waals surface area contributed by atoms with Gasteiger partial charge >= 0.3 is 0 Å². The topological polar surface area (TPSA) is 66.7 Å². The number of hydrogen-bond donors (Lipinski definition) is 0. The van der Waals surface area contributed by atoms with Gasteiger partial charge < -0.3 is 0 Å². The smallest absolute Gasteiger partial charge is 0.238 e. The molecule has 0 aromatic carbocycles. The fraction of sp³-hybridized carbons (Fsp3) is 0.286. The molecular formula is C7H8N3O. The molecule has 0 atom stereocenters. The van der Waals surface area contributed by atoms with Crippen LogP contribution in [0.25, 0.3) is 0 Å². The van der Waals surface area contributed by atoms with E-state index in [1.165, 1.54) is 0 Å². The highest BCUT2D eigenvalue weighted by Crippen LogP contribution is 1.97. The number of amides is 1. The van der Waals surface area contributed by atoms with E-state index in [1.54, 1.807) is 18.5 Å². The molecule has 4 heteroatoms. The largest absolute Gasteiger partial charge is 0.273 e. The lowest BCUT2D eigenvalue weighted by Gasteiger charge is -1.94. The molecule has 1 rings (SSSR count). The van der Waals surface area contributed by atoms with Crippen molar-refractivity contribution < 1.29 is 4.79 Å². The van der Waals surface area contributed by atoms with Gasteiger partial charge in [0.2, 0.25) is 5.91 Å². The third-order valence-electron chi connectivity index (χ3n) is 1.29. The van der Waals surface area contributed by atoms with Crippen molar-refractivity contribution in [2.24, 2.45) is 0 Å². The predicted molar refractivity (Wildman–Crippen MR) is 38.5 cm³/mol. The first-order chi connectivity index (χ1) is 5.29. The first-order valence-electron chi connectivity index (χ1n) is 3.29. The molecule has 1 radical (unpaired) electrons. The summed E-state index contributed by atoms with van der Waals surface area (Å²) in [5.74, 6) is -0.540. The Kier molecular flexibility index (Phi) is 2.54. The molecule has 1 heterocycles. The van der Waals surface area contributed by atoms with Gasteiger partial charge in [-0.05, 0) is 18.1 Å². The van der Waals surface area contributed by atoms with Crippen molar-refractivity contribution in [2.45, 2.75) is 12.8 Å². The molecule has 0 saturated carbocycles. The first kappa shape index (κ1) is 7.65. The van der Waals surface area contributed by atoms with E-state index in [4.69, 9.17) is 5.73 Å². The minimum absolute atomic E-state index is 0.256. The molecule has 1 amide bonds. The molecular weight excluding hydrogens is 142 g/mol. The van der Waals surface area contributed by atoms with Crippen LogP contribution >= 0.6 is 0 Å². The standard InChI is InChI=1S/C7H8N3O/c8-7(11)2-1-6-3-4-9-10-5-6/h3-5,8H,1-2H2. The predicted octanol–water partition coefficient (Wildman–Crippen LogP) is 0.219. The van der Waals surface area contributed by atoms with Crippen molar-refractivity contribution in [3.8, 4) is 0 Å². The van der Waals surface area contributed by atoms with E-state index in [9.17, 15) is 4.79 Å². The second kappa shape index (κ2) is 3.65. The Morgan fingerprint density at radius 3 is 2.91 bits per heavy atom. The van der Waals surface area contributed by atoms with E-state index < -0.39 is 5.91 Å². The van der Waals surface area contributed by atoms with Crippen molar-refractivity contribution in [3.63, 3.8) is 0 Å². The molecule has 1 N–H and O–H groups in total. The number of aromatic nitrogens is 2. The number of nitrogens with one attached hydrogen (secondary N) is 1. The van der Waals surface area contributed by atoms with Gasteiger partial charge in [0.25, 0.3) is 0 Å². The molecule has 0 fully saturated rings. The minimum Gasteiger partial charge on any atom is -0.273 e. The fourth-order valence-corrected chi connectivity index (χ4v) is 0.724. The van der Waals surface area contributed by atoms with E-state index in [-0.39, 0.29) is 6.42 Å². The second-order valence-corrected chi connectivity index (χ2v) is 2.17. The average Bonchev–Trinajstić information content (AvgIpc) is 2.03. The minimum atomic E-state index is -0.540. The number of carbonyl (C=O) groups excluding carboxylic acids is 1. The lowest BCUT2D eigenvalue weighted by Crippen LogP contribution is -1.99. The average molecular weight is 150 g/mol. The van der Waals surface area contributed by atoms with Gasteiger partial charge in [-0.15, -0.1) is 0 Å². The lowest BCUT2D eigenvalue weighted by atomic mass is 10.2. The summed E-state index contributed by atoms with van der Waals surface area (Å²) in [5.41, 5.74) is 7.60. The molecule has 1 aromatic heterocycles. The van der Waals surface area contributed by atoms with Crippen LogP contribution in [-0.2, 0) is 11.2 Å². The maximum atomic E-state index is 10.2. The van der Waals surface area contributed by atoms with Crippen LogP contribution in [0, 0.1) is 0 Å². The Hall–Kier alpha value is -1.45. The van der Waals surface area contributed by atoms with Crippen molar-refractivity contribution in [1.82, 2.24) is 15.9 Å². The van der Waals surface area contributed by atoms with E-state index in [0.29, 0.717) is 6.42 Å². The van der Waals surface area contributed by atoms with E-state index >= 15 is 0 Å². The summed E-state index contributed by atoms with van der Waals surface area (Å²) in [6.45, 7) is 0. The van der Waals surface area contributed by atoms with Crippen LogP contribution in [0.15, 0.2) is 18.5 Å². The van der Waals surface area contributed by atoms with Crippen LogP contribution in [0.4, 0.5) is 0 Å². The molecule has 4 nitrogen and oxygen atoms in total. The van der Waals surface area contributed by atoms with E-state index in [0.717, 1.165) is 5.56 Å². The van der Waals surface area contributed by atoms with Gasteiger partial charge in [-0.25, -0.2) is 0 Å². The van der Waals surface area contributed by atoms with Crippen LogP contribution in [-0.4, -0.2) is 16.1 Å². The summed E-state index contributed by atoms with van der Waals surface area (Å²) < 4.78 is 0. The Bertz CT molecular complexity index is 235. The molecule has 1 aromatic rings. The van der Waals surface area contributed by atoms with Crippen LogP contribution in [0.3, 0.4) is 0 Å². The highest BCUT2D eigenvalue weighted by molar-refractivity contribution is 5.73. The maximum Gasteiger partial charge on any atom is 0.238 e. The van der Waals surface area contributed by atoms with Crippen LogP contribution < -0.4 is 5.73 Å². The summed E-state index contributed by atoms with van der Waals surface area (Å²) in [6, 6.07) is 1.79. The molecule has 0 bridgehead atoms. The van der Waals surface area contributed by atoms with Crippen LogP contribution in [0.1, 0.15) is 12.0 Å². The summed E-state index contributed by atoms with van der Waals surface area (Å²) in [7, 11) is 0. The fourth-order valence-electron chi connectivity index (χ4n) is 0.724. The van der Waals surface area contributed by atoms with Gasteiger partial charge in [0.05, 0.1) is 6.20 Å². The molecule has 0 unspecified atom stereocenters. The summed E-state index contributed by atoms with van der Waals surface area (Å²) in [4.78, 5) is 10.2. The number of carbonyl (C=O) groups is 1. The SMILES string of the molecule is [NH]C(=O)CCc1ccnnc1. The van der Waals surface area contributed by atoms with Gasteiger partial charge in [0.1, 0.15) is 0 Å². The third kappa shape index (κ3) is 2.75. The number of nitrogens with zero attached hydrogens (tertiary/aromatic N) is 2. The normalized spacial score (nSPS) is 9.45. The number of hydrogen-bond acceptors (Lipinski definition) is 3. The molecule has 11 heavy (non-hydrogen) atoms. The molecule has 57 valence electrons. The lowest BCUT2D eigenvalue weighted by molar-refractivity contribution is -0.118. The Morgan fingerprint density at radius 1 is 1.55 bits per heavy atom.